The average molecular weight is 626 g/mol. The van der Waals surface area contributed by atoms with Crippen molar-refractivity contribution in [2.24, 2.45) is 10.4 Å². The van der Waals surface area contributed by atoms with E-state index < -0.39 is 29.7 Å². The lowest BCUT2D eigenvalue weighted by Crippen LogP contribution is -2.66. The van der Waals surface area contributed by atoms with E-state index in [0.29, 0.717) is 48.8 Å². The molecule has 2 aromatic heterocycles. The minimum atomic E-state index is -1.46. The van der Waals surface area contributed by atoms with Gasteiger partial charge in [-0.2, -0.15) is 9.49 Å². The van der Waals surface area contributed by atoms with E-state index in [2.05, 4.69) is 25.7 Å². The number of carbonyl (C=O) groups is 2. The molecule has 234 valence electrons. The second-order valence-corrected chi connectivity index (χ2v) is 12.2. The highest BCUT2D eigenvalue weighted by molar-refractivity contribution is 6.20. The van der Waals surface area contributed by atoms with Crippen molar-refractivity contribution >= 4 is 29.0 Å². The lowest BCUT2D eigenvalue weighted by atomic mass is 9.78. The molecule has 0 saturated carbocycles. The van der Waals surface area contributed by atoms with Crippen LogP contribution in [0.1, 0.15) is 34.8 Å². The SMILES string of the molecule is CC1CCn2nc(-c3ccc(N4CC5(COC5)C4)nc3F)c(C(=O)NC3N=C(c4ccccc4)c4cccc(F)c4NC3=O)c2O1. The van der Waals surface area contributed by atoms with Gasteiger partial charge in [-0.05, 0) is 25.1 Å². The summed E-state index contributed by atoms with van der Waals surface area (Å²) < 4.78 is 43.6. The van der Waals surface area contributed by atoms with Gasteiger partial charge < -0.3 is 25.0 Å². The molecular weight excluding hydrogens is 596 g/mol. The lowest BCUT2D eigenvalue weighted by Gasteiger charge is -2.55. The van der Waals surface area contributed by atoms with Gasteiger partial charge in [-0.25, -0.2) is 19.0 Å². The number of para-hydroxylation sites is 1. The fourth-order valence-corrected chi connectivity index (χ4v) is 6.36. The second-order valence-electron chi connectivity index (χ2n) is 12.2. The molecule has 2 atom stereocenters. The number of nitrogens with one attached hydrogen (secondary N) is 2. The van der Waals surface area contributed by atoms with Crippen molar-refractivity contribution in [3.8, 4) is 17.1 Å². The van der Waals surface area contributed by atoms with Crippen LogP contribution in [0.15, 0.2) is 65.7 Å². The van der Waals surface area contributed by atoms with Crippen LogP contribution in [0.3, 0.4) is 0 Å². The number of aryl methyl sites for hydroxylation is 1. The van der Waals surface area contributed by atoms with E-state index in [4.69, 9.17) is 9.47 Å². The van der Waals surface area contributed by atoms with Gasteiger partial charge in [0.2, 0.25) is 18.0 Å². The highest BCUT2D eigenvalue weighted by Gasteiger charge is 2.49. The summed E-state index contributed by atoms with van der Waals surface area (Å²) in [4.78, 5) is 38.4. The fraction of sp³-hybridized carbons (Fsp3) is 0.303. The molecule has 0 aliphatic carbocycles. The molecule has 1 spiro atoms. The smallest absolute Gasteiger partial charge is 0.269 e. The summed E-state index contributed by atoms with van der Waals surface area (Å²) in [7, 11) is 0. The highest BCUT2D eigenvalue weighted by Crippen LogP contribution is 2.41. The summed E-state index contributed by atoms with van der Waals surface area (Å²) in [6, 6.07) is 16.6. The Morgan fingerprint density at radius 2 is 1.85 bits per heavy atom. The fourth-order valence-electron chi connectivity index (χ4n) is 6.36. The van der Waals surface area contributed by atoms with E-state index in [1.807, 2.05) is 17.9 Å². The number of nitrogens with zero attached hydrogens (tertiary/aromatic N) is 5. The number of carbonyl (C=O) groups excluding carboxylic acids is 2. The van der Waals surface area contributed by atoms with Crippen LogP contribution in [-0.2, 0) is 16.1 Å². The van der Waals surface area contributed by atoms with Crippen molar-refractivity contribution in [2.75, 3.05) is 36.5 Å². The van der Waals surface area contributed by atoms with Gasteiger partial charge in [0.1, 0.15) is 22.9 Å². The molecule has 11 nitrogen and oxygen atoms in total. The third-order valence-electron chi connectivity index (χ3n) is 8.81. The van der Waals surface area contributed by atoms with E-state index in [1.54, 1.807) is 42.5 Å². The predicted octanol–water partition coefficient (Wildman–Crippen LogP) is 3.78. The summed E-state index contributed by atoms with van der Waals surface area (Å²) in [6.45, 7) is 5.16. The van der Waals surface area contributed by atoms with Crippen molar-refractivity contribution in [2.45, 2.75) is 32.2 Å². The molecule has 2 saturated heterocycles. The van der Waals surface area contributed by atoms with E-state index in [9.17, 15) is 14.0 Å². The van der Waals surface area contributed by atoms with E-state index in [1.165, 1.54) is 16.8 Å². The number of anilines is 2. The van der Waals surface area contributed by atoms with Crippen molar-refractivity contribution < 1.29 is 27.8 Å². The largest absolute Gasteiger partial charge is 0.474 e. The van der Waals surface area contributed by atoms with Gasteiger partial charge in [0.25, 0.3) is 11.8 Å². The molecule has 0 radical (unpaired) electrons. The molecule has 0 bridgehead atoms. The van der Waals surface area contributed by atoms with E-state index in [0.717, 1.165) is 13.1 Å². The Hall–Kier alpha value is -5.17. The first-order chi connectivity index (χ1) is 22.3. The zero-order chi connectivity index (χ0) is 31.6. The first-order valence-electron chi connectivity index (χ1n) is 15.1. The number of pyridine rings is 1. The van der Waals surface area contributed by atoms with Gasteiger partial charge in [0.15, 0.2) is 0 Å². The molecule has 8 rings (SSSR count). The Balaban J connectivity index is 1.16. The summed E-state index contributed by atoms with van der Waals surface area (Å²) >= 11 is 0. The molecule has 46 heavy (non-hydrogen) atoms. The van der Waals surface area contributed by atoms with E-state index >= 15 is 4.39 Å². The monoisotopic (exact) mass is 625 g/mol. The topological polar surface area (TPSA) is 123 Å². The maximum absolute atomic E-state index is 15.7. The number of rotatable bonds is 5. The molecule has 13 heteroatoms. The van der Waals surface area contributed by atoms with Crippen LogP contribution in [0, 0.1) is 17.2 Å². The number of amides is 2. The van der Waals surface area contributed by atoms with Crippen molar-refractivity contribution in [3.05, 3.63) is 89.1 Å². The molecule has 6 heterocycles. The minimum Gasteiger partial charge on any atom is -0.474 e. The Morgan fingerprint density at radius 1 is 1.04 bits per heavy atom. The van der Waals surface area contributed by atoms with Crippen LogP contribution in [0.25, 0.3) is 11.3 Å². The zero-order valence-electron chi connectivity index (χ0n) is 24.8. The quantitative estimate of drug-likeness (QED) is 0.324. The van der Waals surface area contributed by atoms with Gasteiger partial charge in [-0.15, -0.1) is 0 Å². The van der Waals surface area contributed by atoms with Crippen LogP contribution in [-0.4, -0.2) is 70.9 Å². The Kier molecular flexibility index (Phi) is 6.60. The van der Waals surface area contributed by atoms with Crippen molar-refractivity contribution in [3.63, 3.8) is 0 Å². The third-order valence-corrected chi connectivity index (χ3v) is 8.81. The number of benzene rings is 2. The molecule has 2 N–H and O–H groups in total. The third kappa shape index (κ3) is 4.69. The summed E-state index contributed by atoms with van der Waals surface area (Å²) in [6.07, 6.45) is -1.06. The maximum atomic E-state index is 15.7. The average Bonchev–Trinajstić information content (AvgIpc) is 3.30. The van der Waals surface area contributed by atoms with Gasteiger partial charge >= 0.3 is 0 Å². The Labute approximate surface area is 262 Å². The van der Waals surface area contributed by atoms with Crippen LogP contribution >= 0.6 is 0 Å². The van der Waals surface area contributed by atoms with Crippen molar-refractivity contribution in [1.82, 2.24) is 20.1 Å². The lowest BCUT2D eigenvalue weighted by molar-refractivity contribution is -0.127. The zero-order valence-corrected chi connectivity index (χ0v) is 24.8. The number of hydrogen-bond acceptors (Lipinski definition) is 8. The number of halogens is 2. The van der Waals surface area contributed by atoms with Crippen LogP contribution in [0.4, 0.5) is 20.3 Å². The molecule has 4 aliphatic rings. The summed E-state index contributed by atoms with van der Waals surface area (Å²) in [5, 5.41) is 9.82. The first kappa shape index (κ1) is 28.3. The van der Waals surface area contributed by atoms with Crippen LogP contribution in [0.2, 0.25) is 0 Å². The molecule has 2 amide bonds. The van der Waals surface area contributed by atoms with Gasteiger partial charge in [0, 0.05) is 37.2 Å². The molecule has 4 aromatic rings. The number of benzodiazepines with no additional fused rings is 1. The van der Waals surface area contributed by atoms with Gasteiger partial charge in [0.05, 0.1) is 41.7 Å². The van der Waals surface area contributed by atoms with Gasteiger partial charge in [-0.1, -0.05) is 42.5 Å². The second kappa shape index (κ2) is 10.7. The number of ether oxygens (including phenoxy) is 2. The molecular formula is C33H29F2N7O4. The molecule has 2 fully saturated rings. The minimum absolute atomic E-state index is 0.0162. The van der Waals surface area contributed by atoms with Gasteiger partial charge in [-0.3, -0.25) is 9.59 Å². The van der Waals surface area contributed by atoms with E-state index in [-0.39, 0.29) is 39.9 Å². The maximum Gasteiger partial charge on any atom is 0.269 e. The number of aromatic nitrogens is 3. The predicted molar refractivity (Wildman–Crippen MR) is 164 cm³/mol. The van der Waals surface area contributed by atoms with Crippen LogP contribution < -0.4 is 20.3 Å². The molecule has 2 unspecified atom stereocenters. The summed E-state index contributed by atoms with van der Waals surface area (Å²) in [5.41, 5.74) is 1.38. The standard InChI is InChI=1S/C33H29F2N7O4/c1-18-12-13-42-32(46-18)24(27(40-42)21-10-11-23(36-28(21)35)41-14-33(15-41)16-45-17-33)30(43)39-29-31(44)38-26-20(8-5-9-22(26)34)25(37-29)19-6-3-2-4-7-19/h2-11,18,29H,12-17H2,1H3,(H,38,44)(H,39,43). The normalized spacial score (nSPS) is 21.1. The number of aliphatic imine (C=N–C) groups is 1. The number of hydrogen-bond donors (Lipinski definition) is 2. The molecule has 4 aliphatic heterocycles. The van der Waals surface area contributed by atoms with Crippen molar-refractivity contribution in [1.29, 1.82) is 0 Å². The Bertz CT molecular complexity index is 1920. The van der Waals surface area contributed by atoms with Crippen LogP contribution in [0.5, 0.6) is 5.88 Å². The Morgan fingerprint density at radius 3 is 2.59 bits per heavy atom. The first-order valence-corrected chi connectivity index (χ1v) is 15.1. The molecule has 2 aromatic carbocycles. The summed E-state index contributed by atoms with van der Waals surface area (Å²) in [5.74, 6) is -2.29. The number of fused-ring (bicyclic) bond motifs is 2. The highest BCUT2D eigenvalue weighted by atomic mass is 19.1.